The number of nitriles is 1. The van der Waals surface area contributed by atoms with E-state index in [0.717, 1.165) is 0 Å². The number of nitrogens with one attached hydrogen (secondary N) is 3. The molecule has 3 amide bonds. The van der Waals surface area contributed by atoms with Crippen LogP contribution in [-0.2, 0) is 9.47 Å². The van der Waals surface area contributed by atoms with E-state index >= 15 is 0 Å². The third kappa shape index (κ3) is 8.66. The molecule has 12 heteroatoms. The smallest absolute Gasteiger partial charge is 0.407 e. The first kappa shape index (κ1) is 32.7. The van der Waals surface area contributed by atoms with Crippen LogP contribution < -0.4 is 20.7 Å². The zero-order chi connectivity index (χ0) is 32.4. The molecule has 3 N–H and O–H groups in total. The predicted octanol–water partition coefficient (Wildman–Crippen LogP) is 5.84. The number of nitrogens with zero attached hydrogens (tertiary/aromatic N) is 2. The largest absolute Gasteiger partial charge is 0.467 e. The van der Waals surface area contributed by atoms with Crippen LogP contribution in [-0.4, -0.2) is 55.5 Å². The van der Waals surface area contributed by atoms with Gasteiger partial charge in [0, 0.05) is 36.9 Å². The van der Waals surface area contributed by atoms with E-state index in [4.69, 9.17) is 14.2 Å². The molecule has 0 aliphatic rings. The highest BCUT2D eigenvalue weighted by Crippen LogP contribution is 2.37. The Kier molecular flexibility index (Phi) is 10.9. The molecule has 0 radical (unpaired) electrons. The van der Waals surface area contributed by atoms with Gasteiger partial charge >= 0.3 is 6.09 Å². The van der Waals surface area contributed by atoms with Crippen molar-refractivity contribution < 1.29 is 28.6 Å². The van der Waals surface area contributed by atoms with Gasteiger partial charge in [-0.15, -0.1) is 11.3 Å². The molecule has 0 spiro atoms. The number of ether oxygens (including phenoxy) is 3. The van der Waals surface area contributed by atoms with Crippen LogP contribution in [0.1, 0.15) is 46.4 Å². The lowest BCUT2D eigenvalue weighted by atomic mass is 9.94. The van der Waals surface area contributed by atoms with E-state index in [-0.39, 0.29) is 36.8 Å². The normalized spacial score (nSPS) is 10.8. The summed E-state index contributed by atoms with van der Waals surface area (Å²) in [5.74, 6) is -0.348. The standard InChI is InChI=1S/C33H33N5O6S/c1-33(2,3)44-32(41)36-16-15-35-30(39)22-11-6-5-10-21(22)24-18-26(23-12-7-8-13-27(23)43-20-42-4)37-29(25(24)19-34)38-31(40)28-14-9-17-45-28/h5-14,17-18H,15-16,20H2,1-4H3,(H,35,39)(H,36,41)(H,37,38,40). The summed E-state index contributed by atoms with van der Waals surface area (Å²) in [7, 11) is 1.51. The first-order valence-electron chi connectivity index (χ1n) is 14.0. The second-order valence-electron chi connectivity index (χ2n) is 10.6. The molecule has 11 nitrogen and oxygen atoms in total. The number of aromatic nitrogens is 1. The molecular formula is C33H33N5O6S. The summed E-state index contributed by atoms with van der Waals surface area (Å²) in [6.07, 6.45) is -0.591. The number of thiophene rings is 1. The highest BCUT2D eigenvalue weighted by molar-refractivity contribution is 7.12. The summed E-state index contributed by atoms with van der Waals surface area (Å²) in [5.41, 5.74) is 1.51. The Bertz CT molecular complexity index is 1710. The van der Waals surface area contributed by atoms with Crippen LogP contribution >= 0.6 is 11.3 Å². The van der Waals surface area contributed by atoms with Gasteiger partial charge in [0.1, 0.15) is 23.0 Å². The maximum absolute atomic E-state index is 13.4. The van der Waals surface area contributed by atoms with Crippen molar-refractivity contribution in [3.8, 4) is 34.2 Å². The summed E-state index contributed by atoms with van der Waals surface area (Å²) in [4.78, 5) is 43.6. The van der Waals surface area contributed by atoms with Crippen LogP contribution in [0.3, 0.4) is 0 Å². The molecule has 0 atom stereocenters. The molecule has 4 aromatic rings. The fourth-order valence-electron chi connectivity index (χ4n) is 4.27. The highest BCUT2D eigenvalue weighted by atomic mass is 32.1. The van der Waals surface area contributed by atoms with Crippen molar-refractivity contribution in [1.29, 1.82) is 5.26 Å². The molecule has 45 heavy (non-hydrogen) atoms. The maximum Gasteiger partial charge on any atom is 0.407 e. The Morgan fingerprint density at radius 1 is 0.911 bits per heavy atom. The van der Waals surface area contributed by atoms with E-state index in [0.29, 0.717) is 33.0 Å². The van der Waals surface area contributed by atoms with E-state index in [1.165, 1.54) is 18.4 Å². The van der Waals surface area contributed by atoms with Crippen molar-refractivity contribution in [2.75, 3.05) is 32.3 Å². The van der Waals surface area contributed by atoms with Crippen molar-refractivity contribution in [2.24, 2.45) is 0 Å². The SMILES string of the molecule is COCOc1ccccc1-c1cc(-c2ccccc2C(=O)NCCNC(=O)OC(C)(C)C)c(C#N)c(NC(=O)c2cccs2)n1. The van der Waals surface area contributed by atoms with Crippen molar-refractivity contribution >= 4 is 35.1 Å². The minimum Gasteiger partial charge on any atom is -0.467 e. The number of benzene rings is 2. The lowest BCUT2D eigenvalue weighted by Gasteiger charge is -2.19. The van der Waals surface area contributed by atoms with Gasteiger partial charge in [-0.25, -0.2) is 9.78 Å². The summed E-state index contributed by atoms with van der Waals surface area (Å²) < 4.78 is 16.1. The van der Waals surface area contributed by atoms with Gasteiger partial charge < -0.3 is 30.2 Å². The lowest BCUT2D eigenvalue weighted by molar-refractivity contribution is 0.0514. The molecule has 4 rings (SSSR count). The van der Waals surface area contributed by atoms with Gasteiger partial charge in [-0.3, -0.25) is 9.59 Å². The van der Waals surface area contributed by atoms with Crippen LogP contribution in [0, 0.1) is 11.3 Å². The molecule has 2 aromatic heterocycles. The number of hydrogen-bond donors (Lipinski definition) is 3. The van der Waals surface area contributed by atoms with Gasteiger partial charge in [0.2, 0.25) is 0 Å². The number of carbonyl (C=O) groups is 3. The Labute approximate surface area is 265 Å². The minimum atomic E-state index is -0.646. The number of amides is 3. The van der Waals surface area contributed by atoms with Gasteiger partial charge in [0.25, 0.3) is 11.8 Å². The third-order valence-electron chi connectivity index (χ3n) is 6.14. The molecule has 2 aromatic carbocycles. The Balaban J connectivity index is 1.73. The molecule has 0 fully saturated rings. The number of methoxy groups -OCH3 is 1. The molecule has 0 aliphatic heterocycles. The van der Waals surface area contributed by atoms with Crippen LogP contribution in [0.15, 0.2) is 72.1 Å². The topological polar surface area (TPSA) is 152 Å². The second-order valence-corrected chi connectivity index (χ2v) is 11.5. The highest BCUT2D eigenvalue weighted by Gasteiger charge is 2.23. The van der Waals surface area contributed by atoms with E-state index in [2.05, 4.69) is 27.0 Å². The van der Waals surface area contributed by atoms with Crippen LogP contribution in [0.2, 0.25) is 0 Å². The lowest BCUT2D eigenvalue weighted by Crippen LogP contribution is -2.38. The molecule has 0 bridgehead atoms. The number of rotatable bonds is 11. The molecule has 0 saturated heterocycles. The van der Waals surface area contributed by atoms with Gasteiger partial charge in [0.05, 0.1) is 10.6 Å². The average Bonchev–Trinajstić information content (AvgIpc) is 3.56. The first-order valence-corrected chi connectivity index (χ1v) is 14.8. The number of anilines is 1. The molecule has 0 saturated carbocycles. The van der Waals surface area contributed by atoms with E-state index in [1.807, 2.05) is 6.07 Å². The Morgan fingerprint density at radius 3 is 2.31 bits per heavy atom. The van der Waals surface area contributed by atoms with E-state index in [1.54, 1.807) is 86.8 Å². The number of hydrogen-bond acceptors (Lipinski definition) is 9. The van der Waals surface area contributed by atoms with Gasteiger partial charge in [-0.1, -0.05) is 36.4 Å². The first-order chi connectivity index (χ1) is 21.6. The van der Waals surface area contributed by atoms with Gasteiger partial charge in [-0.2, -0.15) is 5.26 Å². The summed E-state index contributed by atoms with van der Waals surface area (Å²) >= 11 is 1.25. The van der Waals surface area contributed by atoms with Gasteiger partial charge in [-0.05, 0) is 62.0 Å². The van der Waals surface area contributed by atoms with Crippen molar-refractivity contribution in [3.63, 3.8) is 0 Å². The maximum atomic E-state index is 13.4. The molecule has 2 heterocycles. The molecular weight excluding hydrogens is 594 g/mol. The molecule has 0 aliphatic carbocycles. The van der Waals surface area contributed by atoms with Crippen molar-refractivity contribution in [1.82, 2.24) is 15.6 Å². The zero-order valence-corrected chi connectivity index (χ0v) is 26.1. The summed E-state index contributed by atoms with van der Waals surface area (Å²) in [6, 6.07) is 21.2. The number of alkyl carbamates (subject to hydrolysis) is 1. The molecule has 232 valence electrons. The van der Waals surface area contributed by atoms with Gasteiger partial charge in [0.15, 0.2) is 12.6 Å². The third-order valence-corrected chi connectivity index (χ3v) is 7.01. The number of carbonyl (C=O) groups excluding carboxylic acids is 3. The van der Waals surface area contributed by atoms with Crippen LogP contribution in [0.5, 0.6) is 5.75 Å². The number of para-hydroxylation sites is 1. The summed E-state index contributed by atoms with van der Waals surface area (Å²) in [6.45, 7) is 5.54. The quantitative estimate of drug-likeness (QED) is 0.139. The van der Waals surface area contributed by atoms with Crippen molar-refractivity contribution in [3.05, 3.63) is 88.1 Å². The van der Waals surface area contributed by atoms with E-state index in [9.17, 15) is 19.6 Å². The second kappa shape index (κ2) is 15.0. The van der Waals surface area contributed by atoms with E-state index < -0.39 is 23.5 Å². The fourth-order valence-corrected chi connectivity index (χ4v) is 4.89. The Morgan fingerprint density at radius 2 is 1.62 bits per heavy atom. The molecule has 0 unspecified atom stereocenters. The van der Waals surface area contributed by atoms with Crippen LogP contribution in [0.25, 0.3) is 22.4 Å². The Hall–Kier alpha value is -5.25. The van der Waals surface area contributed by atoms with Crippen LogP contribution in [0.4, 0.5) is 10.6 Å². The summed E-state index contributed by atoms with van der Waals surface area (Å²) in [5, 5.41) is 20.3. The average molecular weight is 628 g/mol. The monoisotopic (exact) mass is 627 g/mol. The number of pyridine rings is 1. The predicted molar refractivity (Wildman–Crippen MR) is 171 cm³/mol. The zero-order valence-electron chi connectivity index (χ0n) is 25.3. The van der Waals surface area contributed by atoms with Crippen molar-refractivity contribution in [2.45, 2.75) is 26.4 Å². The fraction of sp³-hybridized carbons (Fsp3) is 0.242. The minimum absolute atomic E-state index is 0.00604.